The second-order valence-corrected chi connectivity index (χ2v) is 9.91. The molecule has 0 saturated heterocycles. The maximum atomic E-state index is 14.2. The number of alkyl carbamates (subject to hydrolysis) is 1. The number of halogens is 1. The number of aromatic nitrogens is 3. The van der Waals surface area contributed by atoms with E-state index in [-0.39, 0.29) is 24.1 Å². The molecule has 0 radical (unpaired) electrons. The predicted molar refractivity (Wildman–Crippen MR) is 137 cm³/mol. The summed E-state index contributed by atoms with van der Waals surface area (Å²) >= 11 is 0. The Balaban J connectivity index is 1.55. The van der Waals surface area contributed by atoms with Crippen LogP contribution in [0.4, 0.5) is 14.9 Å². The molecular formula is C26H30FN7O4. The van der Waals surface area contributed by atoms with E-state index in [1.165, 1.54) is 33.4 Å². The maximum Gasteiger partial charge on any atom is 0.407 e. The van der Waals surface area contributed by atoms with Gasteiger partial charge in [0.05, 0.1) is 59.2 Å². The molecule has 11 nitrogen and oxygen atoms in total. The van der Waals surface area contributed by atoms with E-state index >= 15 is 0 Å². The van der Waals surface area contributed by atoms with Crippen molar-refractivity contribution in [2.45, 2.75) is 44.5 Å². The number of alkyl halides is 1. The zero-order valence-corrected chi connectivity index (χ0v) is 21.4. The first-order valence-corrected chi connectivity index (χ1v) is 12.2. The van der Waals surface area contributed by atoms with E-state index in [0.29, 0.717) is 29.2 Å². The van der Waals surface area contributed by atoms with E-state index in [4.69, 9.17) is 5.26 Å². The third-order valence-corrected chi connectivity index (χ3v) is 6.57. The van der Waals surface area contributed by atoms with Gasteiger partial charge in [0.2, 0.25) is 0 Å². The van der Waals surface area contributed by atoms with Crippen LogP contribution in [0, 0.1) is 17.2 Å². The van der Waals surface area contributed by atoms with E-state index in [9.17, 15) is 19.1 Å². The standard InChI is InChI=1S/C26H30FN7O4/c1-26(2,37)23(27)14-31-24(35)19-13-30-21(22-5-4-18-8-16(10-28)12-32-34(18)22)9-20(19)29-11-15-6-17(7-15)33-25(36)38-3/h4-5,8-9,12-13,15,17,23,37H,6-7,11,14H2,1-3H3,(H,29,30)(H,31,35)(H,33,36)/t15-,17-,23-/m1/s1. The highest BCUT2D eigenvalue weighted by molar-refractivity contribution is 6.00. The van der Waals surface area contributed by atoms with Crippen molar-refractivity contribution >= 4 is 23.2 Å². The molecule has 4 rings (SSSR count). The lowest BCUT2D eigenvalue weighted by Crippen LogP contribution is -2.46. The Morgan fingerprint density at radius 3 is 2.76 bits per heavy atom. The second kappa shape index (κ2) is 11.0. The number of nitrogens with one attached hydrogen (secondary N) is 3. The number of pyridine rings is 1. The Kier molecular flexibility index (Phi) is 7.78. The quantitative estimate of drug-likeness (QED) is 0.334. The van der Waals surface area contributed by atoms with E-state index in [0.717, 1.165) is 18.4 Å². The van der Waals surface area contributed by atoms with Gasteiger partial charge in [0.15, 0.2) is 0 Å². The van der Waals surface area contributed by atoms with Gasteiger partial charge in [0.1, 0.15) is 12.2 Å². The molecule has 1 saturated carbocycles. The van der Waals surface area contributed by atoms with Gasteiger partial charge in [0, 0.05) is 18.8 Å². The fourth-order valence-corrected chi connectivity index (χ4v) is 4.20. The van der Waals surface area contributed by atoms with Gasteiger partial charge >= 0.3 is 6.09 Å². The molecule has 0 aliphatic heterocycles. The number of anilines is 1. The molecule has 0 spiro atoms. The Morgan fingerprint density at radius 1 is 1.32 bits per heavy atom. The Bertz CT molecular complexity index is 1370. The first kappa shape index (κ1) is 26.8. The summed E-state index contributed by atoms with van der Waals surface area (Å²) in [5.74, 6) is -0.274. The zero-order chi connectivity index (χ0) is 27.4. The molecule has 1 fully saturated rings. The molecule has 200 valence electrons. The summed E-state index contributed by atoms with van der Waals surface area (Å²) in [6.45, 7) is 2.85. The molecule has 0 aromatic carbocycles. The average Bonchev–Trinajstić information content (AvgIpc) is 3.30. The highest BCUT2D eigenvalue weighted by Gasteiger charge is 2.31. The van der Waals surface area contributed by atoms with Gasteiger partial charge in [-0.2, -0.15) is 10.4 Å². The molecule has 2 amide bonds. The maximum absolute atomic E-state index is 14.2. The number of hydrogen-bond donors (Lipinski definition) is 4. The molecule has 3 heterocycles. The van der Waals surface area contributed by atoms with Crippen molar-refractivity contribution in [1.29, 1.82) is 5.26 Å². The lowest BCUT2D eigenvalue weighted by atomic mass is 9.80. The van der Waals surface area contributed by atoms with Gasteiger partial charge in [0.25, 0.3) is 5.91 Å². The number of ether oxygens (including phenoxy) is 1. The topological polar surface area (TPSA) is 154 Å². The minimum atomic E-state index is -1.65. The van der Waals surface area contributed by atoms with Crippen molar-refractivity contribution in [2.75, 3.05) is 25.5 Å². The number of hydrogen-bond acceptors (Lipinski definition) is 8. The van der Waals surface area contributed by atoms with Gasteiger partial charge in [-0.25, -0.2) is 13.7 Å². The molecule has 4 N–H and O–H groups in total. The minimum Gasteiger partial charge on any atom is -0.453 e. The number of amides is 2. The number of fused-ring (bicyclic) bond motifs is 1. The Labute approximate surface area is 219 Å². The van der Waals surface area contributed by atoms with Gasteiger partial charge in [-0.3, -0.25) is 9.78 Å². The average molecular weight is 524 g/mol. The molecule has 12 heteroatoms. The van der Waals surface area contributed by atoms with Crippen LogP contribution in [-0.2, 0) is 4.74 Å². The van der Waals surface area contributed by atoms with Gasteiger partial charge < -0.3 is 25.8 Å². The van der Waals surface area contributed by atoms with Crippen LogP contribution in [0.25, 0.3) is 16.9 Å². The number of nitrogens with zero attached hydrogens (tertiary/aromatic N) is 4. The normalized spacial score (nSPS) is 17.7. The van der Waals surface area contributed by atoms with Gasteiger partial charge in [-0.1, -0.05) is 0 Å². The van der Waals surface area contributed by atoms with Crippen molar-refractivity contribution in [3.63, 3.8) is 0 Å². The number of carbonyl (C=O) groups excluding carboxylic acids is 2. The van der Waals surface area contributed by atoms with Gasteiger partial charge in [-0.05, 0) is 56.9 Å². The van der Waals surface area contributed by atoms with Crippen LogP contribution in [0.3, 0.4) is 0 Å². The molecular weight excluding hydrogens is 493 g/mol. The predicted octanol–water partition coefficient (Wildman–Crippen LogP) is 2.65. The lowest BCUT2D eigenvalue weighted by molar-refractivity contribution is -0.00178. The molecule has 3 aromatic rings. The fraction of sp³-hybridized carbons (Fsp3) is 0.423. The molecule has 1 aliphatic rings. The fourth-order valence-electron chi connectivity index (χ4n) is 4.20. The number of aliphatic hydroxyl groups is 1. The van der Waals surface area contributed by atoms with Crippen LogP contribution < -0.4 is 16.0 Å². The third-order valence-electron chi connectivity index (χ3n) is 6.57. The summed E-state index contributed by atoms with van der Waals surface area (Å²) in [4.78, 5) is 28.8. The van der Waals surface area contributed by atoms with E-state index in [1.54, 1.807) is 16.6 Å². The summed E-state index contributed by atoms with van der Waals surface area (Å²) in [7, 11) is 1.32. The second-order valence-electron chi connectivity index (χ2n) is 9.91. The van der Waals surface area contributed by atoms with Crippen LogP contribution in [0.2, 0.25) is 0 Å². The van der Waals surface area contributed by atoms with Crippen molar-refractivity contribution in [3.8, 4) is 17.5 Å². The SMILES string of the molecule is COC(=O)N[C@H]1C[C@H](CNc2cc(-c3ccc4cc(C#N)cnn34)ncc2C(=O)NC[C@@H](F)C(C)(C)O)C1. The van der Waals surface area contributed by atoms with E-state index < -0.39 is 23.8 Å². The summed E-state index contributed by atoms with van der Waals surface area (Å²) in [5, 5.41) is 31.9. The van der Waals surface area contributed by atoms with Crippen LogP contribution in [0.5, 0.6) is 0 Å². The van der Waals surface area contributed by atoms with E-state index in [1.807, 2.05) is 12.1 Å². The third kappa shape index (κ3) is 6.00. The van der Waals surface area contributed by atoms with Crippen molar-refractivity contribution < 1.29 is 23.8 Å². The molecule has 38 heavy (non-hydrogen) atoms. The van der Waals surface area contributed by atoms with Crippen molar-refractivity contribution in [1.82, 2.24) is 25.2 Å². The number of nitriles is 1. The smallest absolute Gasteiger partial charge is 0.407 e. The van der Waals surface area contributed by atoms with Crippen LogP contribution in [0.15, 0.2) is 36.7 Å². The zero-order valence-electron chi connectivity index (χ0n) is 21.4. The Morgan fingerprint density at radius 2 is 2.08 bits per heavy atom. The highest BCUT2D eigenvalue weighted by Crippen LogP contribution is 2.30. The number of methoxy groups -OCH3 is 1. The summed E-state index contributed by atoms with van der Waals surface area (Å²) in [6, 6.07) is 9.17. The Hall–Kier alpha value is -4.24. The number of carbonyl (C=O) groups is 2. The lowest BCUT2D eigenvalue weighted by Gasteiger charge is -2.35. The van der Waals surface area contributed by atoms with Crippen LogP contribution >= 0.6 is 0 Å². The van der Waals surface area contributed by atoms with Gasteiger partial charge in [-0.15, -0.1) is 0 Å². The monoisotopic (exact) mass is 523 g/mol. The number of rotatable bonds is 9. The highest BCUT2D eigenvalue weighted by atomic mass is 19.1. The molecule has 0 bridgehead atoms. The van der Waals surface area contributed by atoms with E-state index in [2.05, 4.69) is 36.8 Å². The molecule has 3 aromatic heterocycles. The van der Waals surface area contributed by atoms with Crippen molar-refractivity contribution in [2.24, 2.45) is 5.92 Å². The molecule has 1 aliphatic carbocycles. The first-order valence-electron chi connectivity index (χ1n) is 12.2. The van der Waals surface area contributed by atoms with Crippen LogP contribution in [-0.4, -0.2) is 69.7 Å². The summed E-state index contributed by atoms with van der Waals surface area (Å²) in [6.07, 6.45) is 2.27. The minimum absolute atomic E-state index is 0.0322. The largest absolute Gasteiger partial charge is 0.453 e. The summed E-state index contributed by atoms with van der Waals surface area (Å²) < 4.78 is 20.5. The van der Waals surface area contributed by atoms with Crippen LogP contribution in [0.1, 0.15) is 42.6 Å². The summed E-state index contributed by atoms with van der Waals surface area (Å²) in [5.41, 5.74) is 1.49. The molecule has 1 atom stereocenters. The molecule has 0 unspecified atom stereocenters. The first-order chi connectivity index (χ1) is 18.1. The van der Waals surface area contributed by atoms with Crippen molar-refractivity contribution in [3.05, 3.63) is 47.8 Å².